The Hall–Kier alpha value is -2.25. The fourth-order valence-corrected chi connectivity index (χ4v) is 4.96. The van der Waals surface area contributed by atoms with E-state index in [-0.39, 0.29) is 29.7 Å². The van der Waals surface area contributed by atoms with Crippen LogP contribution in [0.1, 0.15) is 66.4 Å². The van der Waals surface area contributed by atoms with E-state index in [0.717, 1.165) is 30.4 Å². The minimum absolute atomic E-state index is 0.0719. The Kier molecular flexibility index (Phi) is 5.21. The summed E-state index contributed by atoms with van der Waals surface area (Å²) >= 11 is 0. The number of carbonyl (C=O) groups excluding carboxylic acids is 3. The number of amides is 3. The van der Waals surface area contributed by atoms with Crippen molar-refractivity contribution in [1.29, 1.82) is 0 Å². The molecule has 3 amide bonds. The molecule has 2 fully saturated rings. The highest BCUT2D eigenvalue weighted by atomic mass is 16.2. The Morgan fingerprint density at radius 1 is 1.21 bits per heavy atom. The Bertz CT molecular complexity index is 801. The summed E-state index contributed by atoms with van der Waals surface area (Å²) in [5, 5.41) is 6.05. The smallest absolute Gasteiger partial charge is 0.255 e. The van der Waals surface area contributed by atoms with Crippen molar-refractivity contribution < 1.29 is 14.4 Å². The first-order valence-electron chi connectivity index (χ1n) is 10.2. The molecule has 4 rings (SSSR count). The number of fused-ring (bicyclic) bond motifs is 1. The van der Waals surface area contributed by atoms with E-state index in [1.165, 1.54) is 12.8 Å². The zero-order valence-electron chi connectivity index (χ0n) is 16.1. The molecule has 1 saturated carbocycles. The van der Waals surface area contributed by atoms with Crippen molar-refractivity contribution in [1.82, 2.24) is 15.5 Å². The standard InChI is InChI=1S/C21H28N4O3/c22-11-10-21(8-1-2-9-21)23-12-14-4-3-5-15-13-25(20(28)18(14)15)16-6-7-17(26)24-19(16)27/h3-5,16,23H,1-2,6-13,22H2,(H,24,26,27). The summed E-state index contributed by atoms with van der Waals surface area (Å²) in [6, 6.07) is 5.34. The molecule has 0 bridgehead atoms. The Labute approximate surface area is 165 Å². The van der Waals surface area contributed by atoms with Crippen LogP contribution in [0.25, 0.3) is 0 Å². The van der Waals surface area contributed by atoms with E-state index in [4.69, 9.17) is 5.73 Å². The number of carbonyl (C=O) groups is 3. The molecule has 150 valence electrons. The number of nitrogens with two attached hydrogens (primary N) is 1. The Morgan fingerprint density at radius 2 is 2.00 bits per heavy atom. The molecule has 3 aliphatic rings. The SMILES string of the molecule is NCCC1(NCc2cccc3c2C(=O)N(C2CCC(=O)NC2=O)C3)CCCC1. The number of nitrogens with zero attached hydrogens (tertiary/aromatic N) is 1. The highest BCUT2D eigenvalue weighted by Crippen LogP contribution is 2.34. The molecule has 7 nitrogen and oxygen atoms in total. The molecular formula is C21H28N4O3. The van der Waals surface area contributed by atoms with E-state index in [9.17, 15) is 14.4 Å². The molecule has 1 atom stereocenters. The fourth-order valence-electron chi connectivity index (χ4n) is 4.96. The maximum absolute atomic E-state index is 13.2. The first-order chi connectivity index (χ1) is 13.5. The van der Waals surface area contributed by atoms with Crippen LogP contribution in [0, 0.1) is 0 Å². The second kappa shape index (κ2) is 7.64. The largest absolute Gasteiger partial charge is 0.330 e. The van der Waals surface area contributed by atoms with Gasteiger partial charge in [0.2, 0.25) is 11.8 Å². The third kappa shape index (κ3) is 3.44. The van der Waals surface area contributed by atoms with Crippen LogP contribution in [0.5, 0.6) is 0 Å². The molecule has 28 heavy (non-hydrogen) atoms. The van der Waals surface area contributed by atoms with Crippen molar-refractivity contribution >= 4 is 17.7 Å². The lowest BCUT2D eigenvalue weighted by molar-refractivity contribution is -0.136. The van der Waals surface area contributed by atoms with E-state index in [1.807, 2.05) is 18.2 Å². The van der Waals surface area contributed by atoms with Gasteiger partial charge < -0.3 is 16.0 Å². The van der Waals surface area contributed by atoms with Crippen molar-refractivity contribution in [2.24, 2.45) is 5.73 Å². The van der Waals surface area contributed by atoms with Gasteiger partial charge in [-0.15, -0.1) is 0 Å². The lowest BCUT2D eigenvalue weighted by Crippen LogP contribution is -2.52. The number of rotatable bonds is 6. The predicted octanol–water partition coefficient (Wildman–Crippen LogP) is 1.20. The molecule has 0 radical (unpaired) electrons. The number of nitrogens with one attached hydrogen (secondary N) is 2. The molecule has 0 aromatic heterocycles. The highest BCUT2D eigenvalue weighted by Gasteiger charge is 2.40. The van der Waals surface area contributed by atoms with Gasteiger partial charge in [0.25, 0.3) is 5.91 Å². The van der Waals surface area contributed by atoms with Crippen molar-refractivity contribution in [3.8, 4) is 0 Å². The van der Waals surface area contributed by atoms with Crippen molar-refractivity contribution in [3.63, 3.8) is 0 Å². The number of piperidine rings is 1. The van der Waals surface area contributed by atoms with Gasteiger partial charge in [0.05, 0.1) is 0 Å². The van der Waals surface area contributed by atoms with Crippen LogP contribution in [-0.4, -0.2) is 40.7 Å². The topological polar surface area (TPSA) is 105 Å². The molecule has 7 heteroatoms. The molecule has 1 saturated heterocycles. The monoisotopic (exact) mass is 384 g/mol. The predicted molar refractivity (Wildman–Crippen MR) is 104 cm³/mol. The van der Waals surface area contributed by atoms with E-state index in [0.29, 0.717) is 31.6 Å². The summed E-state index contributed by atoms with van der Waals surface area (Å²) < 4.78 is 0. The van der Waals surface area contributed by atoms with Crippen LogP contribution in [0.4, 0.5) is 0 Å². The highest BCUT2D eigenvalue weighted by molar-refractivity contribution is 6.05. The average molecular weight is 384 g/mol. The average Bonchev–Trinajstić information content (AvgIpc) is 3.26. The first-order valence-corrected chi connectivity index (χ1v) is 10.2. The van der Waals surface area contributed by atoms with E-state index in [1.54, 1.807) is 4.90 Å². The summed E-state index contributed by atoms with van der Waals surface area (Å²) in [4.78, 5) is 38.4. The fraction of sp³-hybridized carbons (Fsp3) is 0.571. The second-order valence-electron chi connectivity index (χ2n) is 8.23. The number of benzene rings is 1. The van der Waals surface area contributed by atoms with Gasteiger partial charge in [0.1, 0.15) is 6.04 Å². The first kappa shape index (κ1) is 19.1. The summed E-state index contributed by atoms with van der Waals surface area (Å²) in [6.45, 7) is 1.70. The summed E-state index contributed by atoms with van der Waals surface area (Å²) in [7, 11) is 0. The lowest BCUT2D eigenvalue weighted by Gasteiger charge is -2.31. The third-order valence-corrected chi connectivity index (χ3v) is 6.48. The van der Waals surface area contributed by atoms with Crippen LogP contribution >= 0.6 is 0 Å². The molecule has 1 unspecified atom stereocenters. The molecule has 2 heterocycles. The van der Waals surface area contributed by atoms with Crippen LogP contribution in [0.2, 0.25) is 0 Å². The van der Waals surface area contributed by atoms with Gasteiger partial charge >= 0.3 is 0 Å². The molecule has 0 spiro atoms. The van der Waals surface area contributed by atoms with Gasteiger partial charge in [0.15, 0.2) is 0 Å². The number of hydrogen-bond acceptors (Lipinski definition) is 5. The van der Waals surface area contributed by atoms with Crippen LogP contribution in [-0.2, 0) is 22.7 Å². The van der Waals surface area contributed by atoms with Crippen molar-refractivity contribution in [2.45, 2.75) is 69.6 Å². The molecule has 1 aromatic carbocycles. The van der Waals surface area contributed by atoms with Crippen molar-refractivity contribution in [2.75, 3.05) is 6.54 Å². The van der Waals surface area contributed by atoms with Crippen LogP contribution in [0.15, 0.2) is 18.2 Å². The quantitative estimate of drug-likeness (QED) is 0.639. The van der Waals surface area contributed by atoms with Gasteiger partial charge in [0, 0.05) is 30.6 Å². The van der Waals surface area contributed by atoms with E-state index < -0.39 is 6.04 Å². The zero-order valence-corrected chi connectivity index (χ0v) is 16.1. The van der Waals surface area contributed by atoms with Crippen molar-refractivity contribution in [3.05, 3.63) is 34.9 Å². The van der Waals surface area contributed by atoms with E-state index >= 15 is 0 Å². The second-order valence-corrected chi connectivity index (χ2v) is 8.23. The minimum Gasteiger partial charge on any atom is -0.330 e. The third-order valence-electron chi connectivity index (χ3n) is 6.48. The Morgan fingerprint density at radius 3 is 2.71 bits per heavy atom. The molecular weight excluding hydrogens is 356 g/mol. The summed E-state index contributed by atoms with van der Waals surface area (Å²) in [5.74, 6) is -0.747. The van der Waals surface area contributed by atoms with Gasteiger partial charge in [-0.2, -0.15) is 0 Å². The Balaban J connectivity index is 1.52. The summed E-state index contributed by atoms with van der Waals surface area (Å²) in [6.07, 6.45) is 6.26. The zero-order chi connectivity index (χ0) is 19.7. The maximum Gasteiger partial charge on any atom is 0.255 e. The molecule has 4 N–H and O–H groups in total. The normalized spacial score (nSPS) is 23.8. The van der Waals surface area contributed by atoms with Crippen LogP contribution < -0.4 is 16.4 Å². The lowest BCUT2D eigenvalue weighted by atomic mass is 9.92. The van der Waals surface area contributed by atoms with Gasteiger partial charge in [-0.3, -0.25) is 19.7 Å². The molecule has 1 aromatic rings. The van der Waals surface area contributed by atoms with Gasteiger partial charge in [-0.1, -0.05) is 31.0 Å². The summed E-state index contributed by atoms with van der Waals surface area (Å²) in [5.41, 5.74) is 8.54. The number of imide groups is 1. The van der Waals surface area contributed by atoms with Crippen LogP contribution in [0.3, 0.4) is 0 Å². The molecule has 2 aliphatic heterocycles. The maximum atomic E-state index is 13.2. The molecule has 1 aliphatic carbocycles. The van der Waals surface area contributed by atoms with Gasteiger partial charge in [-0.05, 0) is 43.4 Å². The van der Waals surface area contributed by atoms with Gasteiger partial charge in [-0.25, -0.2) is 0 Å². The number of hydrogen-bond donors (Lipinski definition) is 3. The van der Waals surface area contributed by atoms with E-state index in [2.05, 4.69) is 10.6 Å². The minimum atomic E-state index is -0.572.